The van der Waals surface area contributed by atoms with Crippen LogP contribution in [0.5, 0.6) is 5.75 Å². The lowest BCUT2D eigenvalue weighted by Crippen LogP contribution is -2.60. The lowest BCUT2D eigenvalue weighted by Gasteiger charge is -2.27. The van der Waals surface area contributed by atoms with Gasteiger partial charge < -0.3 is 53.4 Å². The Kier molecular flexibility index (Phi) is 17.7. The third-order valence-corrected chi connectivity index (χ3v) is 8.09. The second-order valence-electron chi connectivity index (χ2n) is 12.1. The smallest absolute Gasteiger partial charge is 0.326 e. The maximum atomic E-state index is 13.9. The third kappa shape index (κ3) is 15.6. The summed E-state index contributed by atoms with van der Waals surface area (Å²) >= 11 is 4.05. The number of amides is 6. The number of phenols is 1. The van der Waals surface area contributed by atoms with E-state index in [1.807, 2.05) is 0 Å². The van der Waals surface area contributed by atoms with Crippen LogP contribution in [0.4, 0.5) is 0 Å². The van der Waals surface area contributed by atoms with Gasteiger partial charge in [0.25, 0.3) is 0 Å². The van der Waals surface area contributed by atoms with E-state index in [9.17, 15) is 53.7 Å². The maximum absolute atomic E-state index is 13.9. The molecule has 0 aliphatic carbocycles. The Morgan fingerprint density at radius 2 is 1.06 bits per heavy atom. The molecule has 0 aliphatic rings. The second-order valence-corrected chi connectivity index (χ2v) is 12.5. The number of hydrogen-bond acceptors (Lipinski definition) is 11. The summed E-state index contributed by atoms with van der Waals surface area (Å²) in [5.74, 6) is -8.42. The van der Waals surface area contributed by atoms with E-state index in [-0.39, 0.29) is 37.2 Å². The van der Waals surface area contributed by atoms with Crippen molar-refractivity contribution in [2.75, 3.05) is 5.75 Å². The summed E-state index contributed by atoms with van der Waals surface area (Å²) in [6.45, 7) is 1.42. The fraction of sp³-hybridized carbons (Fsp3) is 0.412. The van der Waals surface area contributed by atoms with E-state index in [1.165, 1.54) is 31.2 Å². The summed E-state index contributed by atoms with van der Waals surface area (Å²) < 4.78 is 0. The molecule has 0 spiro atoms. The van der Waals surface area contributed by atoms with Gasteiger partial charge in [0.15, 0.2) is 0 Å². The molecule has 0 aliphatic heterocycles. The molecule has 2 aromatic rings. The summed E-state index contributed by atoms with van der Waals surface area (Å²) in [6.07, 6.45) is -1.94. The molecule has 18 nitrogen and oxygen atoms in total. The van der Waals surface area contributed by atoms with Crippen molar-refractivity contribution in [2.45, 2.75) is 81.7 Å². The van der Waals surface area contributed by atoms with E-state index in [4.69, 9.17) is 11.5 Å². The quantitative estimate of drug-likeness (QED) is 0.0587. The number of phenolic OH excluding ortho intramolecular Hbond substituents is 1. The van der Waals surface area contributed by atoms with Crippen molar-refractivity contribution in [2.24, 2.45) is 11.5 Å². The van der Waals surface area contributed by atoms with Gasteiger partial charge in [-0.15, -0.1) is 0 Å². The van der Waals surface area contributed by atoms with Gasteiger partial charge >= 0.3 is 11.9 Å². The predicted molar refractivity (Wildman–Crippen MR) is 192 cm³/mol. The molecule has 6 amide bonds. The van der Waals surface area contributed by atoms with E-state index in [1.54, 1.807) is 30.3 Å². The van der Waals surface area contributed by atoms with E-state index in [0.717, 1.165) is 0 Å². The molecule has 12 N–H and O–H groups in total. The Morgan fingerprint density at radius 1 is 0.623 bits per heavy atom. The number of carboxylic acids is 2. The van der Waals surface area contributed by atoms with E-state index in [2.05, 4.69) is 39.2 Å². The first kappa shape index (κ1) is 43.5. The first-order chi connectivity index (χ1) is 25.0. The highest BCUT2D eigenvalue weighted by molar-refractivity contribution is 7.80. The number of aromatic hydroxyl groups is 1. The number of thiol groups is 1. The van der Waals surface area contributed by atoms with Crippen LogP contribution in [0.3, 0.4) is 0 Å². The molecule has 0 heterocycles. The monoisotopic (exact) mass is 759 g/mol. The number of benzene rings is 2. The SMILES string of the molecule is C[C@H](N)C(=O)N[C@@H](Cc1ccccc1)C(=O)N[C@@H](Cc1ccc(O)cc1)C(=O)N[C@@H](CCC(=O)O)C(=O)N[C@@H](CS)C(=O)N[C@@H](CCC(N)=O)C(=O)O. The van der Waals surface area contributed by atoms with Crippen molar-refractivity contribution < 1.29 is 53.7 Å². The topological polar surface area (TPSA) is 309 Å². The lowest BCUT2D eigenvalue weighted by molar-refractivity contribution is -0.142. The van der Waals surface area contributed by atoms with Crippen LogP contribution in [0.2, 0.25) is 0 Å². The number of aliphatic carboxylic acids is 2. The number of rotatable bonds is 22. The highest BCUT2D eigenvalue weighted by atomic mass is 32.1. The summed E-state index contributed by atoms with van der Waals surface area (Å²) in [4.78, 5) is 101. The number of nitrogens with one attached hydrogen (secondary N) is 5. The number of hydrogen-bond donors (Lipinski definition) is 11. The van der Waals surface area contributed by atoms with Crippen LogP contribution in [0, 0.1) is 0 Å². The van der Waals surface area contributed by atoms with Gasteiger partial charge in [-0.25, -0.2) is 4.79 Å². The average Bonchev–Trinajstić information content (AvgIpc) is 3.10. The summed E-state index contributed by atoms with van der Waals surface area (Å²) in [6, 6.07) is 6.16. The molecule has 0 radical (unpaired) electrons. The first-order valence-electron chi connectivity index (χ1n) is 16.4. The van der Waals surface area contributed by atoms with Crippen molar-refractivity contribution in [3.05, 3.63) is 65.7 Å². The Morgan fingerprint density at radius 3 is 1.55 bits per heavy atom. The molecule has 0 fully saturated rings. The van der Waals surface area contributed by atoms with Crippen LogP contribution in [0.25, 0.3) is 0 Å². The minimum Gasteiger partial charge on any atom is -0.508 e. The standard InChI is InChI=1S/C34H45N7O11S/c1-18(35)29(46)39-24(15-19-5-3-2-4-6-19)32(49)40-25(16-20-7-9-21(42)10-8-20)31(48)37-22(12-14-28(44)45)30(47)41-26(17-53)33(50)38-23(34(51)52)11-13-27(36)43/h2-10,18,22-26,42,53H,11-17,35H2,1H3,(H2,36,43)(H,37,48)(H,38,50)(H,39,46)(H,40,49)(H,41,47)(H,44,45)(H,51,52)/t18-,22-,23-,24-,25-,26-/m0/s1. The van der Waals surface area contributed by atoms with E-state index < -0.39 is 96.5 Å². The third-order valence-electron chi connectivity index (χ3n) is 7.73. The van der Waals surface area contributed by atoms with Crippen molar-refractivity contribution in [1.29, 1.82) is 0 Å². The van der Waals surface area contributed by atoms with Crippen LogP contribution in [0.1, 0.15) is 43.7 Å². The zero-order chi connectivity index (χ0) is 39.7. The Labute approximate surface area is 310 Å². The van der Waals surface area contributed by atoms with Gasteiger partial charge in [0.1, 0.15) is 36.0 Å². The van der Waals surface area contributed by atoms with Gasteiger partial charge in [0, 0.05) is 31.4 Å². The van der Waals surface area contributed by atoms with Gasteiger partial charge in [-0.2, -0.15) is 12.6 Å². The molecule has 0 saturated carbocycles. The predicted octanol–water partition coefficient (Wildman–Crippen LogP) is -1.91. The van der Waals surface area contributed by atoms with Gasteiger partial charge in [0.2, 0.25) is 35.4 Å². The maximum Gasteiger partial charge on any atom is 0.326 e. The molecule has 0 bridgehead atoms. The fourth-order valence-electron chi connectivity index (χ4n) is 4.80. The van der Waals surface area contributed by atoms with Gasteiger partial charge in [-0.3, -0.25) is 33.6 Å². The highest BCUT2D eigenvalue weighted by Gasteiger charge is 2.33. The van der Waals surface area contributed by atoms with Crippen LogP contribution in [-0.4, -0.2) is 105 Å². The van der Waals surface area contributed by atoms with E-state index >= 15 is 0 Å². The Balaban J connectivity index is 2.37. The zero-order valence-electron chi connectivity index (χ0n) is 28.8. The zero-order valence-corrected chi connectivity index (χ0v) is 29.7. The number of carboxylic acid groups (broad SMARTS) is 2. The van der Waals surface area contributed by atoms with Crippen molar-refractivity contribution >= 4 is 60.0 Å². The van der Waals surface area contributed by atoms with Gasteiger partial charge in [-0.1, -0.05) is 42.5 Å². The molecule has 19 heteroatoms. The summed E-state index contributed by atoms with van der Waals surface area (Å²) in [5.41, 5.74) is 11.9. The molecule has 0 saturated heterocycles. The molecule has 2 rings (SSSR count). The van der Waals surface area contributed by atoms with Gasteiger partial charge in [0.05, 0.1) is 6.04 Å². The average molecular weight is 760 g/mol. The minimum atomic E-state index is -1.59. The van der Waals surface area contributed by atoms with Crippen molar-refractivity contribution in [1.82, 2.24) is 26.6 Å². The number of nitrogens with two attached hydrogens (primary N) is 2. The number of carbonyl (C=O) groups is 8. The fourth-order valence-corrected chi connectivity index (χ4v) is 5.06. The lowest BCUT2D eigenvalue weighted by atomic mass is 10.0. The summed E-state index contributed by atoms with van der Waals surface area (Å²) in [7, 11) is 0. The van der Waals surface area contributed by atoms with E-state index in [0.29, 0.717) is 11.1 Å². The van der Waals surface area contributed by atoms with Gasteiger partial charge in [-0.05, 0) is 43.0 Å². The number of primary amides is 1. The largest absolute Gasteiger partial charge is 0.508 e. The molecule has 288 valence electrons. The molecule has 0 unspecified atom stereocenters. The molecular weight excluding hydrogens is 714 g/mol. The minimum absolute atomic E-state index is 0.0147. The van der Waals surface area contributed by atoms with Crippen molar-refractivity contribution in [3.63, 3.8) is 0 Å². The van der Waals surface area contributed by atoms with Crippen LogP contribution in [-0.2, 0) is 51.2 Å². The van der Waals surface area contributed by atoms with Crippen LogP contribution < -0.4 is 38.1 Å². The van der Waals surface area contributed by atoms with Crippen molar-refractivity contribution in [3.8, 4) is 5.75 Å². The molecule has 0 aromatic heterocycles. The second kappa shape index (κ2) is 21.6. The normalized spacial score (nSPS) is 14.2. The first-order valence-corrected chi connectivity index (χ1v) is 17.1. The summed E-state index contributed by atoms with van der Waals surface area (Å²) in [5, 5.41) is 40.6. The molecular formula is C34H45N7O11S. The Hall–Kier alpha value is -5.69. The molecule has 53 heavy (non-hydrogen) atoms. The van der Waals surface area contributed by atoms with Crippen LogP contribution >= 0.6 is 12.6 Å². The Bertz CT molecular complexity index is 1610. The molecule has 2 aromatic carbocycles. The number of carbonyl (C=O) groups excluding carboxylic acids is 6. The van der Waals surface area contributed by atoms with Crippen LogP contribution in [0.15, 0.2) is 54.6 Å². The molecule has 6 atom stereocenters. The highest BCUT2D eigenvalue weighted by Crippen LogP contribution is 2.13.